The first-order valence-electron chi connectivity index (χ1n) is 6.96. The van der Waals surface area contributed by atoms with Crippen LogP contribution in [0.4, 0.5) is 4.79 Å². The van der Waals surface area contributed by atoms with Gasteiger partial charge in [-0.3, -0.25) is 0 Å². The van der Waals surface area contributed by atoms with Crippen molar-refractivity contribution in [2.45, 2.75) is 47.1 Å². The highest BCUT2D eigenvalue weighted by molar-refractivity contribution is 5.74. The minimum Gasteiger partial charge on any atom is -0.491 e. The van der Waals surface area contributed by atoms with Gasteiger partial charge in [-0.15, -0.1) is 0 Å². The van der Waals surface area contributed by atoms with E-state index in [9.17, 15) is 4.79 Å². The number of benzene rings is 1. The number of amides is 2. The molecule has 0 radical (unpaired) electrons. The monoisotopic (exact) mass is 278 g/mol. The molecule has 0 aliphatic heterocycles. The Bertz CT molecular complexity index is 453. The molecule has 0 fully saturated rings. The summed E-state index contributed by atoms with van der Waals surface area (Å²) in [7, 11) is 0. The molecule has 2 amide bonds. The molecule has 0 unspecified atom stereocenters. The first-order chi connectivity index (χ1) is 9.19. The molecule has 0 saturated carbocycles. The number of rotatable bonds is 4. The molecule has 4 heteroatoms. The number of urea groups is 1. The third-order valence-corrected chi connectivity index (χ3v) is 2.73. The molecule has 112 valence electrons. The SMILES string of the molecule is Cc1cc(C)c(OCCNC(=O)NC(C)(C)C)c(C)c1. The van der Waals surface area contributed by atoms with Crippen LogP contribution in [0, 0.1) is 20.8 Å². The summed E-state index contributed by atoms with van der Waals surface area (Å²) in [6.07, 6.45) is 0. The number of hydrogen-bond acceptors (Lipinski definition) is 2. The van der Waals surface area contributed by atoms with E-state index in [-0.39, 0.29) is 11.6 Å². The lowest BCUT2D eigenvalue weighted by Gasteiger charge is -2.21. The molecule has 0 spiro atoms. The van der Waals surface area contributed by atoms with Crippen LogP contribution in [-0.2, 0) is 0 Å². The topological polar surface area (TPSA) is 50.4 Å². The Morgan fingerprint density at radius 1 is 1.15 bits per heavy atom. The normalized spacial score (nSPS) is 11.1. The molecular weight excluding hydrogens is 252 g/mol. The Hall–Kier alpha value is -1.71. The summed E-state index contributed by atoms with van der Waals surface area (Å²) in [5.74, 6) is 0.911. The predicted molar refractivity (Wildman–Crippen MR) is 82.4 cm³/mol. The van der Waals surface area contributed by atoms with E-state index >= 15 is 0 Å². The predicted octanol–water partition coefficient (Wildman–Crippen LogP) is 3.09. The Morgan fingerprint density at radius 2 is 1.70 bits per heavy atom. The molecule has 0 saturated heterocycles. The molecule has 0 aromatic heterocycles. The van der Waals surface area contributed by atoms with Gasteiger partial charge in [-0.2, -0.15) is 0 Å². The van der Waals surface area contributed by atoms with Crippen LogP contribution in [0.15, 0.2) is 12.1 Å². The van der Waals surface area contributed by atoms with E-state index in [0.717, 1.165) is 16.9 Å². The van der Waals surface area contributed by atoms with Gasteiger partial charge in [-0.1, -0.05) is 17.7 Å². The van der Waals surface area contributed by atoms with Gasteiger partial charge >= 0.3 is 6.03 Å². The molecule has 0 aliphatic carbocycles. The number of aryl methyl sites for hydroxylation is 3. The van der Waals surface area contributed by atoms with E-state index < -0.39 is 0 Å². The zero-order valence-corrected chi connectivity index (χ0v) is 13.4. The van der Waals surface area contributed by atoms with Crippen molar-refractivity contribution in [2.24, 2.45) is 0 Å². The maximum Gasteiger partial charge on any atom is 0.315 e. The number of carbonyl (C=O) groups excluding carboxylic acids is 1. The molecule has 1 aromatic rings. The Kier molecular flexibility index (Phi) is 5.43. The third-order valence-electron chi connectivity index (χ3n) is 2.73. The molecule has 2 N–H and O–H groups in total. The van der Waals surface area contributed by atoms with E-state index in [4.69, 9.17) is 4.74 Å². The Morgan fingerprint density at radius 3 is 2.20 bits per heavy atom. The molecular formula is C16H26N2O2. The van der Waals surface area contributed by atoms with Gasteiger partial charge in [0.15, 0.2) is 0 Å². The van der Waals surface area contributed by atoms with E-state index in [1.165, 1.54) is 5.56 Å². The highest BCUT2D eigenvalue weighted by atomic mass is 16.5. The van der Waals surface area contributed by atoms with Gasteiger partial charge in [-0.05, 0) is 52.7 Å². The lowest BCUT2D eigenvalue weighted by Crippen LogP contribution is -2.47. The summed E-state index contributed by atoms with van der Waals surface area (Å²) in [4.78, 5) is 11.6. The van der Waals surface area contributed by atoms with Gasteiger partial charge in [0.05, 0.1) is 6.54 Å². The van der Waals surface area contributed by atoms with E-state index in [1.54, 1.807) is 0 Å². The van der Waals surface area contributed by atoms with Crippen LogP contribution in [0.5, 0.6) is 5.75 Å². The summed E-state index contributed by atoms with van der Waals surface area (Å²) in [5, 5.41) is 5.63. The van der Waals surface area contributed by atoms with Gasteiger partial charge in [0, 0.05) is 5.54 Å². The van der Waals surface area contributed by atoms with Crippen LogP contribution in [0.25, 0.3) is 0 Å². The fraction of sp³-hybridized carbons (Fsp3) is 0.562. The quantitative estimate of drug-likeness (QED) is 0.832. The number of carbonyl (C=O) groups is 1. The summed E-state index contributed by atoms with van der Waals surface area (Å²) in [5.41, 5.74) is 3.26. The zero-order chi connectivity index (χ0) is 15.3. The van der Waals surface area contributed by atoms with E-state index in [2.05, 4.69) is 29.7 Å². The molecule has 20 heavy (non-hydrogen) atoms. The summed E-state index contributed by atoms with van der Waals surface area (Å²) >= 11 is 0. The standard InChI is InChI=1S/C16H26N2O2/c1-11-9-12(2)14(13(3)10-11)20-8-7-17-15(19)18-16(4,5)6/h9-10H,7-8H2,1-6H3,(H2,17,18,19). The second kappa shape index (κ2) is 6.64. The van der Waals surface area contributed by atoms with Gasteiger partial charge < -0.3 is 15.4 Å². The fourth-order valence-electron chi connectivity index (χ4n) is 2.10. The second-order valence-electron chi connectivity index (χ2n) is 6.21. The first kappa shape index (κ1) is 16.3. The number of ether oxygens (including phenoxy) is 1. The minimum absolute atomic E-state index is 0.168. The molecule has 4 nitrogen and oxygen atoms in total. The molecule has 1 aromatic carbocycles. The summed E-state index contributed by atoms with van der Waals surface area (Å²) in [6.45, 7) is 12.9. The van der Waals surface area contributed by atoms with Crippen molar-refractivity contribution in [1.29, 1.82) is 0 Å². The lowest BCUT2D eigenvalue weighted by molar-refractivity contribution is 0.228. The lowest BCUT2D eigenvalue weighted by atomic mass is 10.1. The number of hydrogen-bond donors (Lipinski definition) is 2. The molecule has 1 rings (SSSR count). The van der Waals surface area contributed by atoms with Gasteiger partial charge in [-0.25, -0.2) is 4.79 Å². The van der Waals surface area contributed by atoms with Gasteiger partial charge in [0.25, 0.3) is 0 Å². The number of nitrogens with one attached hydrogen (secondary N) is 2. The van der Waals surface area contributed by atoms with Crippen LogP contribution >= 0.6 is 0 Å². The Labute approximate surface area is 121 Å². The average Bonchev–Trinajstić information content (AvgIpc) is 2.23. The van der Waals surface area contributed by atoms with Gasteiger partial charge in [0.2, 0.25) is 0 Å². The van der Waals surface area contributed by atoms with Crippen LogP contribution in [-0.4, -0.2) is 24.7 Å². The molecule has 0 aliphatic rings. The third kappa shape index (κ3) is 5.51. The largest absolute Gasteiger partial charge is 0.491 e. The van der Waals surface area contributed by atoms with Crippen LogP contribution in [0.3, 0.4) is 0 Å². The van der Waals surface area contributed by atoms with Crippen LogP contribution in [0.1, 0.15) is 37.5 Å². The molecule has 0 heterocycles. The van der Waals surface area contributed by atoms with Crippen molar-refractivity contribution in [3.63, 3.8) is 0 Å². The first-order valence-corrected chi connectivity index (χ1v) is 6.96. The molecule has 0 atom stereocenters. The molecule has 0 bridgehead atoms. The van der Waals surface area contributed by atoms with Crippen molar-refractivity contribution in [2.75, 3.05) is 13.2 Å². The highest BCUT2D eigenvalue weighted by Gasteiger charge is 2.12. The fourth-order valence-corrected chi connectivity index (χ4v) is 2.10. The smallest absolute Gasteiger partial charge is 0.315 e. The highest BCUT2D eigenvalue weighted by Crippen LogP contribution is 2.24. The van der Waals surface area contributed by atoms with Crippen molar-refractivity contribution >= 4 is 6.03 Å². The van der Waals surface area contributed by atoms with E-state index in [0.29, 0.717) is 13.2 Å². The van der Waals surface area contributed by atoms with Gasteiger partial charge in [0.1, 0.15) is 12.4 Å². The van der Waals surface area contributed by atoms with Crippen LogP contribution in [0.2, 0.25) is 0 Å². The van der Waals surface area contributed by atoms with Crippen molar-refractivity contribution in [3.05, 3.63) is 28.8 Å². The maximum absolute atomic E-state index is 11.6. The van der Waals surface area contributed by atoms with Crippen LogP contribution < -0.4 is 15.4 Å². The Balaban J connectivity index is 2.41. The summed E-state index contributed by atoms with van der Waals surface area (Å²) in [6, 6.07) is 4.03. The maximum atomic E-state index is 11.6. The van der Waals surface area contributed by atoms with E-state index in [1.807, 2.05) is 34.6 Å². The van der Waals surface area contributed by atoms with Crippen molar-refractivity contribution < 1.29 is 9.53 Å². The van der Waals surface area contributed by atoms with Crippen molar-refractivity contribution in [1.82, 2.24) is 10.6 Å². The zero-order valence-electron chi connectivity index (χ0n) is 13.4. The second-order valence-corrected chi connectivity index (χ2v) is 6.21. The summed E-state index contributed by atoms with van der Waals surface area (Å²) < 4.78 is 5.76. The van der Waals surface area contributed by atoms with Crippen molar-refractivity contribution in [3.8, 4) is 5.75 Å². The average molecular weight is 278 g/mol. The minimum atomic E-state index is -0.227.